The summed E-state index contributed by atoms with van der Waals surface area (Å²) in [6.07, 6.45) is 0. The Kier molecular flexibility index (Phi) is 7.33. The highest BCUT2D eigenvalue weighted by Gasteiger charge is 2.19. The van der Waals surface area contributed by atoms with E-state index >= 15 is 0 Å². The summed E-state index contributed by atoms with van der Waals surface area (Å²) < 4.78 is 10.6. The van der Waals surface area contributed by atoms with Crippen molar-refractivity contribution in [2.45, 2.75) is 13.0 Å². The average molecular weight is 349 g/mol. The molecule has 0 amide bonds. The molecule has 1 heterocycles. The van der Waals surface area contributed by atoms with Crippen molar-refractivity contribution in [3.8, 4) is 11.5 Å². The second-order valence-corrected chi connectivity index (χ2v) is 6.34. The van der Waals surface area contributed by atoms with Crippen LogP contribution in [0.1, 0.15) is 6.92 Å². The predicted octanol–water partition coefficient (Wildman–Crippen LogP) is 1.33. The number of guanidine groups is 1. The maximum atomic E-state index is 5.34. The first-order chi connectivity index (χ1) is 12.1. The van der Waals surface area contributed by atoms with Crippen molar-refractivity contribution < 1.29 is 9.47 Å². The van der Waals surface area contributed by atoms with Crippen molar-refractivity contribution in [2.24, 2.45) is 4.99 Å². The fourth-order valence-electron chi connectivity index (χ4n) is 2.87. The normalized spacial score (nSPS) is 17.9. The van der Waals surface area contributed by atoms with E-state index in [1.54, 1.807) is 21.3 Å². The number of methoxy groups -OCH3 is 2. The second kappa shape index (κ2) is 9.48. The quantitative estimate of drug-likeness (QED) is 0.597. The molecule has 140 valence electrons. The molecule has 0 radical (unpaired) electrons. The number of anilines is 1. The van der Waals surface area contributed by atoms with Crippen LogP contribution in [-0.2, 0) is 0 Å². The van der Waals surface area contributed by atoms with Crippen molar-refractivity contribution in [3.05, 3.63) is 18.2 Å². The molecule has 25 heavy (non-hydrogen) atoms. The van der Waals surface area contributed by atoms with Gasteiger partial charge in [0, 0.05) is 57.6 Å². The lowest BCUT2D eigenvalue weighted by molar-refractivity contribution is 0.120. The van der Waals surface area contributed by atoms with Crippen LogP contribution >= 0.6 is 0 Å². The van der Waals surface area contributed by atoms with E-state index in [-0.39, 0.29) is 0 Å². The van der Waals surface area contributed by atoms with Crippen molar-refractivity contribution in [3.63, 3.8) is 0 Å². The van der Waals surface area contributed by atoms with Gasteiger partial charge in [0.1, 0.15) is 0 Å². The van der Waals surface area contributed by atoms with E-state index < -0.39 is 0 Å². The molecule has 1 aliphatic heterocycles. The summed E-state index contributed by atoms with van der Waals surface area (Å²) in [5.41, 5.74) is 0.901. The Balaban J connectivity index is 1.88. The zero-order valence-electron chi connectivity index (χ0n) is 16.0. The topological polar surface area (TPSA) is 61.4 Å². The van der Waals surface area contributed by atoms with Gasteiger partial charge in [-0.25, -0.2) is 0 Å². The van der Waals surface area contributed by atoms with Gasteiger partial charge in [-0.2, -0.15) is 0 Å². The highest BCUT2D eigenvalue weighted by Crippen LogP contribution is 2.29. The van der Waals surface area contributed by atoms with Gasteiger partial charge in [0.2, 0.25) is 0 Å². The molecule has 7 heteroatoms. The van der Waals surface area contributed by atoms with Gasteiger partial charge in [-0.3, -0.25) is 9.89 Å². The summed E-state index contributed by atoms with van der Waals surface area (Å²) in [4.78, 5) is 9.19. The minimum atomic E-state index is 0.456. The Hall–Kier alpha value is -1.99. The third-order valence-electron chi connectivity index (χ3n) is 4.60. The van der Waals surface area contributed by atoms with Gasteiger partial charge in [0.05, 0.1) is 14.2 Å². The molecule has 0 aliphatic carbocycles. The molecule has 1 aromatic carbocycles. The predicted molar refractivity (Wildman–Crippen MR) is 103 cm³/mol. The maximum Gasteiger partial charge on any atom is 0.195 e. The van der Waals surface area contributed by atoms with E-state index in [4.69, 9.17) is 9.47 Å². The summed E-state index contributed by atoms with van der Waals surface area (Å²) >= 11 is 0. The standard InChI is InChI=1S/C18H31N5O2/c1-14(23-10-8-22(3)9-11-23)13-20-18(19-2)21-15-6-7-16(24-4)17(12-15)25-5/h6-7,12,14H,8-11,13H2,1-5H3,(H2,19,20,21). The molecule has 2 rings (SSSR count). The molecular weight excluding hydrogens is 318 g/mol. The lowest BCUT2D eigenvalue weighted by Gasteiger charge is -2.36. The highest BCUT2D eigenvalue weighted by atomic mass is 16.5. The van der Waals surface area contributed by atoms with Crippen molar-refractivity contribution in [1.82, 2.24) is 15.1 Å². The summed E-state index contributed by atoms with van der Waals surface area (Å²) in [7, 11) is 7.21. The first kappa shape index (κ1) is 19.3. The smallest absolute Gasteiger partial charge is 0.195 e. The summed E-state index contributed by atoms with van der Waals surface area (Å²) in [5, 5.41) is 6.70. The van der Waals surface area contributed by atoms with Gasteiger partial charge in [-0.1, -0.05) is 0 Å². The molecule has 1 atom stereocenters. The van der Waals surface area contributed by atoms with Crippen LogP contribution in [0.2, 0.25) is 0 Å². The van der Waals surface area contributed by atoms with Gasteiger partial charge in [0.25, 0.3) is 0 Å². The number of hydrogen-bond acceptors (Lipinski definition) is 5. The molecule has 1 fully saturated rings. The Labute approximate surface area is 151 Å². The van der Waals surface area contributed by atoms with Gasteiger partial charge >= 0.3 is 0 Å². The van der Waals surface area contributed by atoms with Crippen molar-refractivity contribution in [1.29, 1.82) is 0 Å². The number of aliphatic imine (C=N–C) groups is 1. The number of piperazine rings is 1. The largest absolute Gasteiger partial charge is 0.493 e. The number of rotatable bonds is 6. The van der Waals surface area contributed by atoms with Gasteiger partial charge in [-0.05, 0) is 26.1 Å². The van der Waals surface area contributed by atoms with E-state index in [0.29, 0.717) is 17.5 Å². The van der Waals surface area contributed by atoms with E-state index in [2.05, 4.69) is 39.4 Å². The molecule has 1 aromatic rings. The van der Waals surface area contributed by atoms with E-state index in [1.165, 1.54) is 0 Å². The lowest BCUT2D eigenvalue weighted by atomic mass is 10.2. The van der Waals surface area contributed by atoms with Crippen molar-refractivity contribution >= 4 is 11.6 Å². The van der Waals surface area contributed by atoms with Crippen LogP contribution in [0, 0.1) is 0 Å². The first-order valence-corrected chi connectivity index (χ1v) is 8.69. The van der Waals surface area contributed by atoms with Crippen molar-refractivity contribution in [2.75, 3.05) is 66.4 Å². The number of likely N-dealkylation sites (N-methyl/N-ethyl adjacent to an activating group) is 1. The molecule has 0 spiro atoms. The maximum absolute atomic E-state index is 5.34. The molecule has 0 aromatic heterocycles. The Bertz CT molecular complexity index is 571. The van der Waals surface area contributed by atoms with Gasteiger partial charge in [0.15, 0.2) is 17.5 Å². The molecule has 1 aliphatic rings. The minimum absolute atomic E-state index is 0.456. The summed E-state index contributed by atoms with van der Waals surface area (Å²) in [5.74, 6) is 2.14. The van der Waals surface area contributed by atoms with Crippen LogP contribution in [0.4, 0.5) is 5.69 Å². The molecule has 0 bridgehead atoms. The number of ether oxygens (including phenoxy) is 2. The van der Waals surface area contributed by atoms with E-state index in [9.17, 15) is 0 Å². The van der Waals surface area contributed by atoms with Crippen LogP contribution < -0.4 is 20.1 Å². The summed E-state index contributed by atoms with van der Waals surface area (Å²) in [6.45, 7) is 7.58. The SMILES string of the molecule is CN=C(NCC(C)N1CCN(C)CC1)Nc1ccc(OC)c(OC)c1. The number of hydrogen-bond donors (Lipinski definition) is 2. The van der Waals surface area contributed by atoms with Crippen LogP contribution in [0.25, 0.3) is 0 Å². The monoisotopic (exact) mass is 349 g/mol. The van der Waals surface area contributed by atoms with Gasteiger partial charge in [-0.15, -0.1) is 0 Å². The minimum Gasteiger partial charge on any atom is -0.493 e. The molecular formula is C18H31N5O2. The van der Waals surface area contributed by atoms with Crippen LogP contribution in [0.15, 0.2) is 23.2 Å². The van der Waals surface area contributed by atoms with Crippen LogP contribution in [0.3, 0.4) is 0 Å². The number of nitrogens with zero attached hydrogens (tertiary/aromatic N) is 3. The average Bonchev–Trinajstić information content (AvgIpc) is 2.65. The Morgan fingerprint density at radius 1 is 1.16 bits per heavy atom. The van der Waals surface area contributed by atoms with Crippen LogP contribution in [0.5, 0.6) is 11.5 Å². The fourth-order valence-corrected chi connectivity index (χ4v) is 2.87. The van der Waals surface area contributed by atoms with E-state index in [1.807, 2.05) is 18.2 Å². The van der Waals surface area contributed by atoms with E-state index in [0.717, 1.165) is 44.4 Å². The molecule has 7 nitrogen and oxygen atoms in total. The third-order valence-corrected chi connectivity index (χ3v) is 4.60. The molecule has 1 saturated heterocycles. The second-order valence-electron chi connectivity index (χ2n) is 6.34. The summed E-state index contributed by atoms with van der Waals surface area (Å²) in [6, 6.07) is 6.17. The highest BCUT2D eigenvalue weighted by molar-refractivity contribution is 5.93. The fraction of sp³-hybridized carbons (Fsp3) is 0.611. The van der Waals surface area contributed by atoms with Crippen LogP contribution in [-0.4, -0.2) is 82.8 Å². The zero-order valence-corrected chi connectivity index (χ0v) is 16.0. The zero-order chi connectivity index (χ0) is 18.2. The first-order valence-electron chi connectivity index (χ1n) is 8.69. The Morgan fingerprint density at radius 3 is 2.44 bits per heavy atom. The van der Waals surface area contributed by atoms with Gasteiger partial charge < -0.3 is 25.0 Å². The lowest BCUT2D eigenvalue weighted by Crippen LogP contribution is -2.51. The third kappa shape index (κ3) is 5.51. The molecule has 1 unspecified atom stereocenters. The molecule has 2 N–H and O–H groups in total. The number of nitrogens with one attached hydrogen (secondary N) is 2. The number of benzene rings is 1. The molecule has 0 saturated carbocycles. The Morgan fingerprint density at radius 2 is 1.84 bits per heavy atom.